The van der Waals surface area contributed by atoms with Gasteiger partial charge in [-0.15, -0.1) is 0 Å². The third-order valence-electron chi connectivity index (χ3n) is 1.94. The maximum atomic E-state index is 11.4. The number of carbonyl (C=O) groups is 2. The maximum absolute atomic E-state index is 11.4. The highest BCUT2D eigenvalue weighted by Crippen LogP contribution is 2.38. The summed E-state index contributed by atoms with van der Waals surface area (Å²) in [5.74, 6) is -1.77. The summed E-state index contributed by atoms with van der Waals surface area (Å²) in [6, 6.07) is 0. The van der Waals surface area contributed by atoms with E-state index in [0.29, 0.717) is 6.42 Å². The second-order valence-electron chi connectivity index (χ2n) is 4.53. The van der Waals surface area contributed by atoms with Crippen molar-refractivity contribution in [3.05, 3.63) is 0 Å². The molecule has 1 amide bonds. The molecule has 2 atom stereocenters. The van der Waals surface area contributed by atoms with E-state index in [0.717, 1.165) is 0 Å². The van der Waals surface area contributed by atoms with Crippen LogP contribution in [0.25, 0.3) is 0 Å². The summed E-state index contributed by atoms with van der Waals surface area (Å²) >= 11 is 0. The highest BCUT2D eigenvalue weighted by Gasteiger charge is 2.48. The first kappa shape index (κ1) is 10.0. The zero-order chi connectivity index (χ0) is 10.2. The Bertz CT molecular complexity index is 242. The van der Waals surface area contributed by atoms with E-state index in [9.17, 15) is 9.59 Å². The molecular weight excluding hydrogens is 170 g/mol. The van der Waals surface area contributed by atoms with Crippen molar-refractivity contribution in [3.63, 3.8) is 0 Å². The number of hydrogen-bond donors (Lipinski definition) is 2. The minimum Gasteiger partial charge on any atom is -0.481 e. The molecule has 0 spiro atoms. The van der Waals surface area contributed by atoms with Crippen molar-refractivity contribution in [2.24, 2.45) is 11.8 Å². The highest BCUT2D eigenvalue weighted by molar-refractivity contribution is 5.89. The van der Waals surface area contributed by atoms with Crippen molar-refractivity contribution in [2.75, 3.05) is 0 Å². The molecular formula is C9H15NO3. The van der Waals surface area contributed by atoms with Gasteiger partial charge in [0.25, 0.3) is 0 Å². The molecule has 0 aliphatic heterocycles. The average Bonchev–Trinajstić information content (AvgIpc) is 2.58. The second-order valence-corrected chi connectivity index (χ2v) is 4.53. The Kier molecular flexibility index (Phi) is 2.32. The molecule has 1 fully saturated rings. The summed E-state index contributed by atoms with van der Waals surface area (Å²) in [4.78, 5) is 21.8. The fourth-order valence-electron chi connectivity index (χ4n) is 1.22. The molecule has 1 aliphatic rings. The molecule has 0 bridgehead atoms. The maximum Gasteiger partial charge on any atom is 0.307 e. The zero-order valence-corrected chi connectivity index (χ0v) is 8.13. The van der Waals surface area contributed by atoms with Crippen molar-refractivity contribution < 1.29 is 14.7 Å². The van der Waals surface area contributed by atoms with E-state index in [2.05, 4.69) is 5.32 Å². The van der Waals surface area contributed by atoms with Gasteiger partial charge in [0.2, 0.25) is 5.91 Å². The lowest BCUT2D eigenvalue weighted by atomic mass is 10.1. The monoisotopic (exact) mass is 185 g/mol. The molecule has 0 heterocycles. The molecule has 2 N–H and O–H groups in total. The van der Waals surface area contributed by atoms with Crippen LogP contribution in [0.1, 0.15) is 27.2 Å². The van der Waals surface area contributed by atoms with E-state index in [1.807, 2.05) is 20.8 Å². The van der Waals surface area contributed by atoms with E-state index in [4.69, 9.17) is 5.11 Å². The smallest absolute Gasteiger partial charge is 0.307 e. The molecule has 0 aromatic rings. The van der Waals surface area contributed by atoms with Gasteiger partial charge in [-0.05, 0) is 27.2 Å². The van der Waals surface area contributed by atoms with Gasteiger partial charge < -0.3 is 10.4 Å². The lowest BCUT2D eigenvalue weighted by Gasteiger charge is -2.20. The van der Waals surface area contributed by atoms with Crippen molar-refractivity contribution in [1.82, 2.24) is 5.32 Å². The molecule has 0 radical (unpaired) electrons. The van der Waals surface area contributed by atoms with E-state index >= 15 is 0 Å². The minimum atomic E-state index is -0.867. The van der Waals surface area contributed by atoms with Gasteiger partial charge in [0, 0.05) is 5.54 Å². The largest absolute Gasteiger partial charge is 0.481 e. The Hall–Kier alpha value is -1.06. The SMILES string of the molecule is CC(C)(C)NC(=O)[C@@H]1C[C@H]1C(=O)O. The Morgan fingerprint density at radius 3 is 2.15 bits per heavy atom. The normalized spacial score (nSPS) is 26.7. The topological polar surface area (TPSA) is 66.4 Å². The highest BCUT2D eigenvalue weighted by atomic mass is 16.4. The van der Waals surface area contributed by atoms with Crippen LogP contribution in [0.3, 0.4) is 0 Å². The molecule has 1 aliphatic carbocycles. The number of rotatable bonds is 2. The number of carboxylic acids is 1. The van der Waals surface area contributed by atoms with Crippen molar-refractivity contribution in [2.45, 2.75) is 32.7 Å². The molecule has 4 heteroatoms. The van der Waals surface area contributed by atoms with Gasteiger partial charge in [-0.2, -0.15) is 0 Å². The zero-order valence-electron chi connectivity index (χ0n) is 8.13. The summed E-state index contributed by atoms with van der Waals surface area (Å²) < 4.78 is 0. The van der Waals surface area contributed by atoms with Gasteiger partial charge >= 0.3 is 5.97 Å². The fraction of sp³-hybridized carbons (Fsp3) is 0.778. The number of nitrogens with one attached hydrogen (secondary N) is 1. The average molecular weight is 185 g/mol. The number of carboxylic acid groups (broad SMARTS) is 1. The third kappa shape index (κ3) is 2.72. The molecule has 1 rings (SSSR count). The number of amides is 1. The van der Waals surface area contributed by atoms with Crippen molar-refractivity contribution in [1.29, 1.82) is 0 Å². The van der Waals surface area contributed by atoms with E-state index in [1.165, 1.54) is 0 Å². The van der Waals surface area contributed by atoms with E-state index in [1.54, 1.807) is 0 Å². The minimum absolute atomic E-state index is 0.139. The Balaban J connectivity index is 2.40. The summed E-state index contributed by atoms with van der Waals surface area (Å²) in [5, 5.41) is 11.4. The Morgan fingerprint density at radius 1 is 1.31 bits per heavy atom. The predicted octanol–water partition coefficient (Wildman–Crippen LogP) is 0.622. The first-order valence-corrected chi connectivity index (χ1v) is 4.36. The lowest BCUT2D eigenvalue weighted by molar-refractivity contribution is -0.140. The number of hydrogen-bond acceptors (Lipinski definition) is 2. The fourth-order valence-corrected chi connectivity index (χ4v) is 1.22. The van der Waals surface area contributed by atoms with Crippen molar-refractivity contribution in [3.8, 4) is 0 Å². The van der Waals surface area contributed by atoms with Gasteiger partial charge in [0.1, 0.15) is 0 Å². The van der Waals surface area contributed by atoms with Crippen LogP contribution in [0.2, 0.25) is 0 Å². The summed E-state index contributed by atoms with van der Waals surface area (Å²) in [5.41, 5.74) is -0.275. The molecule has 0 aromatic carbocycles. The van der Waals surface area contributed by atoms with Crippen LogP contribution in [0.5, 0.6) is 0 Å². The number of carbonyl (C=O) groups excluding carboxylic acids is 1. The van der Waals surface area contributed by atoms with Crippen LogP contribution in [0.4, 0.5) is 0 Å². The van der Waals surface area contributed by atoms with Crippen LogP contribution in [0.15, 0.2) is 0 Å². The van der Waals surface area contributed by atoms with Gasteiger partial charge in [-0.25, -0.2) is 0 Å². The summed E-state index contributed by atoms with van der Waals surface area (Å²) in [6.45, 7) is 5.63. The van der Waals surface area contributed by atoms with Crippen LogP contribution in [-0.4, -0.2) is 22.5 Å². The predicted molar refractivity (Wildman–Crippen MR) is 47.1 cm³/mol. The van der Waals surface area contributed by atoms with Crippen LogP contribution >= 0.6 is 0 Å². The summed E-state index contributed by atoms with van der Waals surface area (Å²) in [7, 11) is 0. The van der Waals surface area contributed by atoms with Gasteiger partial charge in [0.15, 0.2) is 0 Å². The second kappa shape index (κ2) is 3.01. The molecule has 1 saturated carbocycles. The van der Waals surface area contributed by atoms with Gasteiger partial charge in [-0.1, -0.05) is 0 Å². The van der Waals surface area contributed by atoms with Crippen LogP contribution < -0.4 is 5.32 Å². The van der Waals surface area contributed by atoms with Gasteiger partial charge in [0.05, 0.1) is 11.8 Å². The first-order chi connectivity index (χ1) is 5.81. The molecule has 13 heavy (non-hydrogen) atoms. The van der Waals surface area contributed by atoms with E-state index in [-0.39, 0.29) is 17.4 Å². The molecule has 74 valence electrons. The van der Waals surface area contributed by atoms with Crippen LogP contribution in [-0.2, 0) is 9.59 Å². The molecule has 0 saturated heterocycles. The van der Waals surface area contributed by atoms with E-state index < -0.39 is 11.9 Å². The third-order valence-corrected chi connectivity index (χ3v) is 1.94. The van der Waals surface area contributed by atoms with Crippen LogP contribution in [0, 0.1) is 11.8 Å². The quantitative estimate of drug-likeness (QED) is 0.662. The van der Waals surface area contributed by atoms with Crippen molar-refractivity contribution >= 4 is 11.9 Å². The Morgan fingerprint density at radius 2 is 1.85 bits per heavy atom. The van der Waals surface area contributed by atoms with Gasteiger partial charge in [-0.3, -0.25) is 9.59 Å². The Labute approximate surface area is 77.3 Å². The first-order valence-electron chi connectivity index (χ1n) is 4.36. The lowest BCUT2D eigenvalue weighted by Crippen LogP contribution is -2.41. The molecule has 4 nitrogen and oxygen atoms in total. The summed E-state index contributed by atoms with van der Waals surface area (Å²) in [6.07, 6.45) is 0.483. The number of aliphatic carboxylic acids is 1. The molecule has 0 unspecified atom stereocenters. The standard InChI is InChI=1S/C9H15NO3/c1-9(2,3)10-7(11)5-4-6(5)8(12)13/h5-6H,4H2,1-3H3,(H,10,11)(H,12,13)/t5-,6-/m1/s1. The molecule has 0 aromatic heterocycles.